The zero-order chi connectivity index (χ0) is 36.6. The number of Topliss-reactive ketones (excluding diaryl/α,β-unsaturated/α-hetero) is 1. The summed E-state index contributed by atoms with van der Waals surface area (Å²) in [5, 5.41) is 32.3. The molecule has 1 aliphatic heterocycles. The fourth-order valence-corrected chi connectivity index (χ4v) is 7.25. The van der Waals surface area contributed by atoms with Gasteiger partial charge in [0.05, 0.1) is 17.1 Å². The molecule has 3 amide bonds. The van der Waals surface area contributed by atoms with Crippen LogP contribution in [0.25, 0.3) is 0 Å². The molecule has 1 aromatic rings. The number of carbonyl (C=O) groups is 4. The van der Waals surface area contributed by atoms with Crippen molar-refractivity contribution in [2.24, 2.45) is 34.4 Å². The van der Waals surface area contributed by atoms with Gasteiger partial charge in [-0.25, -0.2) is 15.1 Å². The summed E-state index contributed by atoms with van der Waals surface area (Å²) in [4.78, 5) is 68.4. The number of nitrogens with two attached hydrogens (primary N) is 1. The van der Waals surface area contributed by atoms with Crippen LogP contribution in [0.1, 0.15) is 131 Å². The minimum atomic E-state index is -1.75. The van der Waals surface area contributed by atoms with E-state index in [0.29, 0.717) is 30.5 Å². The third-order valence-corrected chi connectivity index (χ3v) is 9.84. The molecule has 276 valence electrons. The Hall–Kier alpha value is -3.85. The van der Waals surface area contributed by atoms with Crippen molar-refractivity contribution in [2.45, 2.75) is 116 Å². The van der Waals surface area contributed by atoms with Crippen molar-refractivity contribution in [1.82, 2.24) is 15.6 Å². The average molecular weight is 699 g/mol. The highest BCUT2D eigenvalue weighted by Gasteiger charge is 2.36. The molecular weight excluding hydrogens is 643 g/mol. The lowest BCUT2D eigenvalue weighted by Gasteiger charge is -2.26. The van der Waals surface area contributed by atoms with Crippen LogP contribution in [0.4, 0.5) is 0 Å². The van der Waals surface area contributed by atoms with E-state index in [0.717, 1.165) is 70.6 Å². The third-order valence-electron chi connectivity index (χ3n) is 9.84. The van der Waals surface area contributed by atoms with Crippen LogP contribution in [-0.4, -0.2) is 75.6 Å². The lowest BCUT2D eigenvalue weighted by Crippen LogP contribution is -2.49. The largest absolute Gasteiger partial charge is 0.475 e. The molecule has 1 heterocycles. The molecule has 0 bridgehead atoms. The topological polar surface area (TPSA) is 218 Å². The fraction of sp³-hybridized carbons (Fsp3) is 0.686. The first kappa shape index (κ1) is 40.6. The number of amides is 3. The number of hydrogen-bond donors (Lipinski definition) is 5. The van der Waals surface area contributed by atoms with E-state index >= 15 is 0 Å². The molecule has 14 nitrogen and oxygen atoms in total. The minimum Gasteiger partial charge on any atom is -0.426 e. The highest BCUT2D eigenvalue weighted by Crippen LogP contribution is 2.36. The Kier molecular flexibility index (Phi) is 16.8. The van der Waals surface area contributed by atoms with Crippen LogP contribution in [0.15, 0.2) is 29.3 Å². The first-order valence-electron chi connectivity index (χ1n) is 18.2. The second-order valence-electron chi connectivity index (χ2n) is 14.2. The Morgan fingerprint density at radius 2 is 1.60 bits per heavy atom. The maximum atomic E-state index is 13.9. The highest BCUT2D eigenvalue weighted by molar-refractivity contribution is 6.43. The lowest BCUT2D eigenvalue weighted by atomic mass is 9.74. The van der Waals surface area contributed by atoms with E-state index in [1.54, 1.807) is 29.7 Å². The van der Waals surface area contributed by atoms with Gasteiger partial charge in [-0.3, -0.25) is 24.1 Å². The summed E-state index contributed by atoms with van der Waals surface area (Å²) in [5.41, 5.74) is 8.23. The van der Waals surface area contributed by atoms with Gasteiger partial charge in [0.1, 0.15) is 5.78 Å². The number of hydrazine groups is 1. The maximum absolute atomic E-state index is 13.9. The number of guanidine groups is 1. The molecule has 1 saturated carbocycles. The van der Waals surface area contributed by atoms with E-state index in [1.807, 2.05) is 13.8 Å². The van der Waals surface area contributed by atoms with Gasteiger partial charge in [0, 0.05) is 31.3 Å². The SMILES string of the molecule is CC(C)C[C@H](NC(=O)[C@H](CCCN=C(N)N[N+](=O)[O-])CC(=O)C(CCCCCCCCN1C(=O)c2ccccc2C1=O)C1CCCC1)B(O)O. The molecular formula is C35H55BN6O8. The number of rotatable bonds is 23. The summed E-state index contributed by atoms with van der Waals surface area (Å²) >= 11 is 0. The molecule has 0 radical (unpaired) electrons. The summed E-state index contributed by atoms with van der Waals surface area (Å²) in [6.07, 6.45) is 11.3. The minimum absolute atomic E-state index is 0.0209. The average Bonchev–Trinajstić information content (AvgIpc) is 3.67. The van der Waals surface area contributed by atoms with Gasteiger partial charge in [0.15, 0.2) is 5.03 Å². The molecule has 1 unspecified atom stereocenters. The molecule has 0 spiro atoms. The molecule has 1 aromatic carbocycles. The van der Waals surface area contributed by atoms with E-state index in [-0.39, 0.29) is 60.7 Å². The van der Waals surface area contributed by atoms with E-state index in [4.69, 9.17) is 5.73 Å². The molecule has 3 rings (SSSR count). The molecule has 1 aliphatic carbocycles. The summed E-state index contributed by atoms with van der Waals surface area (Å²) < 4.78 is 0. The van der Waals surface area contributed by atoms with E-state index in [2.05, 4.69) is 10.3 Å². The summed E-state index contributed by atoms with van der Waals surface area (Å²) in [7, 11) is -1.75. The summed E-state index contributed by atoms with van der Waals surface area (Å²) in [6, 6.07) is 6.91. The van der Waals surface area contributed by atoms with E-state index in [9.17, 15) is 39.3 Å². The number of benzene rings is 1. The van der Waals surface area contributed by atoms with Crippen LogP contribution in [-0.2, 0) is 9.59 Å². The Balaban J connectivity index is 1.52. The Labute approximate surface area is 295 Å². The van der Waals surface area contributed by atoms with Gasteiger partial charge in [-0.2, -0.15) is 0 Å². The van der Waals surface area contributed by atoms with Crippen LogP contribution in [0.3, 0.4) is 0 Å². The smallest absolute Gasteiger partial charge is 0.426 e. The van der Waals surface area contributed by atoms with E-state index in [1.165, 1.54) is 4.90 Å². The number of imide groups is 1. The molecule has 0 aromatic heterocycles. The number of fused-ring (bicyclic) bond motifs is 1. The van der Waals surface area contributed by atoms with Crippen LogP contribution in [0.2, 0.25) is 0 Å². The molecule has 3 atom stereocenters. The molecule has 50 heavy (non-hydrogen) atoms. The number of nitro groups is 1. The predicted molar refractivity (Wildman–Crippen MR) is 190 cm³/mol. The van der Waals surface area contributed by atoms with Gasteiger partial charge in [0.2, 0.25) is 5.91 Å². The molecule has 0 saturated heterocycles. The quantitative estimate of drug-likeness (QED) is 0.0212. The number of unbranched alkanes of at least 4 members (excludes halogenated alkanes) is 5. The molecule has 2 aliphatic rings. The second kappa shape index (κ2) is 20.7. The van der Waals surface area contributed by atoms with Crippen molar-refractivity contribution in [3.8, 4) is 0 Å². The monoisotopic (exact) mass is 698 g/mol. The number of hydrogen-bond acceptors (Lipinski definition) is 9. The second-order valence-corrected chi connectivity index (χ2v) is 14.2. The third kappa shape index (κ3) is 12.8. The standard InChI is InChI=1S/C35H55BN6O8/c1-24(2)22-31(36(47)48)39-32(44)26(16-13-20-38-35(37)40-42(49)50)23-30(43)27(25-14-8-9-15-25)17-7-5-3-4-6-12-21-41-33(45)28-18-10-11-19-29(28)34(41)46/h10-11,18-19,24-27,31,47-48H,3-9,12-17,20-23H2,1-2H3,(H,39,44)(H3,37,38,40)/t26-,27?,31+/m1/s1. The number of nitrogens with zero attached hydrogens (tertiary/aromatic N) is 3. The van der Waals surface area contributed by atoms with Crippen molar-refractivity contribution in [3.05, 3.63) is 45.5 Å². The normalized spacial score (nSPS) is 16.7. The number of ketones is 1. The van der Waals surface area contributed by atoms with Crippen molar-refractivity contribution in [2.75, 3.05) is 13.1 Å². The zero-order valence-corrected chi connectivity index (χ0v) is 29.6. The molecule has 6 N–H and O–H groups in total. The number of aliphatic imine (C=N–C) groups is 1. The van der Waals surface area contributed by atoms with Gasteiger partial charge >= 0.3 is 7.12 Å². The summed E-state index contributed by atoms with van der Waals surface area (Å²) in [5.74, 6) is -2.57. The summed E-state index contributed by atoms with van der Waals surface area (Å²) in [6.45, 7) is 4.35. The molecule has 1 fully saturated rings. The fourth-order valence-electron chi connectivity index (χ4n) is 7.25. The van der Waals surface area contributed by atoms with Gasteiger partial charge < -0.3 is 21.1 Å². The first-order chi connectivity index (χ1) is 23.9. The van der Waals surface area contributed by atoms with Crippen molar-refractivity contribution >= 4 is 36.6 Å². The number of nitrogens with one attached hydrogen (secondary N) is 2. The Bertz CT molecular complexity index is 1300. The van der Waals surface area contributed by atoms with Gasteiger partial charge in [-0.15, -0.1) is 0 Å². The predicted octanol–water partition coefficient (Wildman–Crippen LogP) is 3.81. The van der Waals surface area contributed by atoms with Crippen molar-refractivity contribution in [1.29, 1.82) is 0 Å². The Morgan fingerprint density at radius 3 is 2.18 bits per heavy atom. The van der Waals surface area contributed by atoms with Gasteiger partial charge in [-0.05, 0) is 68.9 Å². The van der Waals surface area contributed by atoms with Crippen LogP contribution < -0.4 is 16.5 Å². The molecule has 15 heteroatoms. The van der Waals surface area contributed by atoms with Crippen LogP contribution in [0, 0.1) is 33.8 Å². The Morgan fingerprint density at radius 1 is 1.00 bits per heavy atom. The van der Waals surface area contributed by atoms with E-state index < -0.39 is 29.9 Å². The van der Waals surface area contributed by atoms with Gasteiger partial charge in [0.25, 0.3) is 17.8 Å². The number of carbonyl (C=O) groups excluding carboxylic acids is 4. The van der Waals surface area contributed by atoms with Crippen molar-refractivity contribution < 1.29 is 34.3 Å². The van der Waals surface area contributed by atoms with Crippen molar-refractivity contribution in [3.63, 3.8) is 0 Å². The van der Waals surface area contributed by atoms with Crippen LogP contribution >= 0.6 is 0 Å². The lowest BCUT2D eigenvalue weighted by molar-refractivity contribution is -0.525. The zero-order valence-electron chi connectivity index (χ0n) is 29.6. The maximum Gasteiger partial charge on any atom is 0.475 e. The first-order valence-corrected chi connectivity index (χ1v) is 18.2. The van der Waals surface area contributed by atoms with Crippen LogP contribution in [0.5, 0.6) is 0 Å². The highest BCUT2D eigenvalue weighted by atomic mass is 16.7. The van der Waals surface area contributed by atoms with Gasteiger partial charge in [-0.1, -0.05) is 76.4 Å².